The van der Waals surface area contributed by atoms with Gasteiger partial charge in [0.05, 0.1) is 23.4 Å². The number of phenolic OH excluding ortho intramolecular Hbond substituents is 1. The second kappa shape index (κ2) is 8.29. The maximum absolute atomic E-state index is 13.0. The Labute approximate surface area is 170 Å². The second-order valence-corrected chi connectivity index (χ2v) is 6.48. The average molecular weight is 416 g/mol. The number of phenols is 1. The molecule has 0 atom stereocenters. The third-order valence-electron chi connectivity index (χ3n) is 4.39. The Kier molecular flexibility index (Phi) is 5.78. The van der Waals surface area contributed by atoms with Crippen molar-refractivity contribution in [1.82, 2.24) is 9.88 Å². The van der Waals surface area contributed by atoms with Crippen LogP contribution >= 0.6 is 0 Å². The number of alkyl halides is 3. The number of anilines is 2. The van der Waals surface area contributed by atoms with Crippen LogP contribution in [0.15, 0.2) is 42.5 Å². The first-order valence-electron chi connectivity index (χ1n) is 8.92. The smallest absolute Gasteiger partial charge is 0.406 e. The minimum Gasteiger partial charge on any atom is -0.506 e. The highest BCUT2D eigenvalue weighted by molar-refractivity contribution is 5.95. The molecule has 0 aliphatic heterocycles. The molecule has 30 heavy (non-hydrogen) atoms. The molecule has 0 saturated carbocycles. The number of aromatic nitrogens is 1. The molecule has 3 rings (SSSR count). The van der Waals surface area contributed by atoms with E-state index >= 15 is 0 Å². The maximum Gasteiger partial charge on any atom is 0.406 e. The highest BCUT2D eigenvalue weighted by Crippen LogP contribution is 2.28. The summed E-state index contributed by atoms with van der Waals surface area (Å²) in [4.78, 5) is 11.6. The van der Waals surface area contributed by atoms with E-state index in [4.69, 9.17) is 5.73 Å². The lowest BCUT2D eigenvalue weighted by molar-refractivity contribution is -0.140. The number of nitrogens with one attached hydrogen (secondary N) is 2. The molecule has 0 spiro atoms. The number of rotatable bonds is 4. The van der Waals surface area contributed by atoms with Crippen molar-refractivity contribution in [1.29, 1.82) is 0 Å². The fraction of sp³-hybridized carbons (Fsp3) is 0.190. The van der Waals surface area contributed by atoms with Crippen molar-refractivity contribution in [3.8, 4) is 17.6 Å². The van der Waals surface area contributed by atoms with E-state index in [9.17, 15) is 23.1 Å². The van der Waals surface area contributed by atoms with Crippen LogP contribution in [0.4, 0.5) is 24.5 Å². The van der Waals surface area contributed by atoms with Gasteiger partial charge in [-0.1, -0.05) is 12.0 Å². The fourth-order valence-corrected chi connectivity index (χ4v) is 3.00. The standard InChI is InChI=1S/C21H19F3N4O2/c1-26-20(30)13-7-8-17(19(29)10-13)27-9-3-4-14-11-15-16(25)5-2-6-18(15)28(14)12-21(22,23)24/h2,5-8,10-11,27,29H,9,12,25H2,1H3,(H,26,30). The number of hydrogen-bond acceptors (Lipinski definition) is 4. The summed E-state index contributed by atoms with van der Waals surface area (Å²) in [5.74, 6) is 5.00. The van der Waals surface area contributed by atoms with Crippen molar-refractivity contribution >= 4 is 28.2 Å². The summed E-state index contributed by atoms with van der Waals surface area (Å²) < 4.78 is 40.2. The molecule has 0 aliphatic rings. The Bertz CT molecular complexity index is 1160. The van der Waals surface area contributed by atoms with Gasteiger partial charge in [-0.15, -0.1) is 0 Å². The molecule has 0 fully saturated rings. The number of nitrogen functional groups attached to an aromatic ring is 1. The fourth-order valence-electron chi connectivity index (χ4n) is 3.00. The van der Waals surface area contributed by atoms with Crippen molar-refractivity contribution in [2.45, 2.75) is 12.7 Å². The van der Waals surface area contributed by atoms with Gasteiger partial charge >= 0.3 is 6.18 Å². The monoisotopic (exact) mass is 416 g/mol. The van der Waals surface area contributed by atoms with Gasteiger partial charge in [-0.25, -0.2) is 0 Å². The van der Waals surface area contributed by atoms with E-state index in [1.807, 2.05) is 0 Å². The number of carbonyl (C=O) groups is 1. The Hall–Kier alpha value is -3.80. The minimum atomic E-state index is -4.41. The van der Waals surface area contributed by atoms with E-state index in [2.05, 4.69) is 22.5 Å². The van der Waals surface area contributed by atoms with Gasteiger partial charge in [0.25, 0.3) is 5.91 Å². The molecule has 0 unspecified atom stereocenters. The molecule has 9 heteroatoms. The first-order valence-corrected chi connectivity index (χ1v) is 8.92. The van der Waals surface area contributed by atoms with E-state index in [1.54, 1.807) is 18.2 Å². The number of halogens is 3. The highest BCUT2D eigenvalue weighted by atomic mass is 19.4. The van der Waals surface area contributed by atoms with Gasteiger partial charge in [-0.2, -0.15) is 13.2 Å². The number of carbonyl (C=O) groups excluding carboxylic acids is 1. The third-order valence-corrected chi connectivity index (χ3v) is 4.39. The first kappa shape index (κ1) is 20.9. The molecule has 1 heterocycles. The van der Waals surface area contributed by atoms with Crippen molar-refractivity contribution in [3.05, 3.63) is 53.7 Å². The Balaban J connectivity index is 1.82. The highest BCUT2D eigenvalue weighted by Gasteiger charge is 2.29. The van der Waals surface area contributed by atoms with Crippen molar-refractivity contribution in [3.63, 3.8) is 0 Å². The SMILES string of the molecule is CNC(=O)c1ccc(NCC#Cc2cc3c(N)cccc3n2CC(F)(F)F)c(O)c1. The molecule has 1 amide bonds. The Morgan fingerprint density at radius 3 is 2.67 bits per heavy atom. The zero-order chi connectivity index (χ0) is 21.9. The van der Waals surface area contributed by atoms with Crippen LogP contribution < -0.4 is 16.4 Å². The van der Waals surface area contributed by atoms with E-state index in [1.165, 1.54) is 31.3 Å². The number of nitrogens with zero attached hydrogens (tertiary/aromatic N) is 1. The predicted octanol–water partition coefficient (Wildman–Crippen LogP) is 3.31. The zero-order valence-corrected chi connectivity index (χ0v) is 16.0. The van der Waals surface area contributed by atoms with Crippen LogP contribution in [-0.4, -0.2) is 35.3 Å². The van der Waals surface area contributed by atoms with Gasteiger partial charge in [-0.3, -0.25) is 4.79 Å². The lowest BCUT2D eigenvalue weighted by atomic mass is 10.1. The number of benzene rings is 2. The first-order chi connectivity index (χ1) is 14.2. The number of aromatic hydroxyl groups is 1. The van der Waals surface area contributed by atoms with E-state index < -0.39 is 12.7 Å². The quantitative estimate of drug-likeness (QED) is 0.298. The molecule has 3 aromatic rings. The van der Waals surface area contributed by atoms with Crippen LogP contribution in [-0.2, 0) is 6.54 Å². The number of fused-ring (bicyclic) bond motifs is 1. The summed E-state index contributed by atoms with van der Waals surface area (Å²) in [6, 6.07) is 10.6. The zero-order valence-electron chi connectivity index (χ0n) is 16.0. The molecular formula is C21H19F3N4O2. The molecule has 0 saturated heterocycles. The van der Waals surface area contributed by atoms with Gasteiger partial charge < -0.3 is 26.0 Å². The summed E-state index contributed by atoms with van der Waals surface area (Å²) >= 11 is 0. The van der Waals surface area contributed by atoms with Crippen LogP contribution in [0.1, 0.15) is 16.1 Å². The lowest BCUT2D eigenvalue weighted by Gasteiger charge is -2.11. The molecule has 2 aromatic carbocycles. The van der Waals surface area contributed by atoms with Gasteiger partial charge in [-0.05, 0) is 42.3 Å². The topological polar surface area (TPSA) is 92.3 Å². The lowest BCUT2D eigenvalue weighted by Crippen LogP contribution is -2.18. The van der Waals surface area contributed by atoms with E-state index in [-0.39, 0.29) is 23.9 Å². The molecule has 5 N–H and O–H groups in total. The van der Waals surface area contributed by atoms with Crippen LogP contribution in [0.25, 0.3) is 10.9 Å². The van der Waals surface area contributed by atoms with Crippen molar-refractivity contribution in [2.24, 2.45) is 0 Å². The summed E-state index contributed by atoms with van der Waals surface area (Å²) in [5.41, 5.74) is 7.43. The van der Waals surface area contributed by atoms with Crippen LogP contribution in [0.5, 0.6) is 5.75 Å². The molecule has 0 aliphatic carbocycles. The molecular weight excluding hydrogens is 397 g/mol. The normalized spacial score (nSPS) is 11.1. The summed E-state index contributed by atoms with van der Waals surface area (Å²) in [6.45, 7) is -1.12. The number of amides is 1. The van der Waals surface area contributed by atoms with Crippen LogP contribution in [0.3, 0.4) is 0 Å². The van der Waals surface area contributed by atoms with E-state index in [0.717, 1.165) is 4.57 Å². The van der Waals surface area contributed by atoms with Gasteiger partial charge in [0.1, 0.15) is 12.3 Å². The largest absolute Gasteiger partial charge is 0.506 e. The summed E-state index contributed by atoms with van der Waals surface area (Å²) in [7, 11) is 1.48. The molecule has 0 bridgehead atoms. The molecule has 6 nitrogen and oxygen atoms in total. The summed E-state index contributed by atoms with van der Waals surface area (Å²) in [6.07, 6.45) is -4.41. The number of nitrogens with two attached hydrogens (primary N) is 1. The predicted molar refractivity (Wildman–Crippen MR) is 109 cm³/mol. The average Bonchev–Trinajstić information content (AvgIpc) is 3.03. The Morgan fingerprint density at radius 1 is 1.23 bits per heavy atom. The molecule has 156 valence electrons. The van der Waals surface area contributed by atoms with E-state index in [0.29, 0.717) is 27.8 Å². The van der Waals surface area contributed by atoms with Crippen LogP contribution in [0.2, 0.25) is 0 Å². The van der Waals surface area contributed by atoms with Crippen molar-refractivity contribution in [2.75, 3.05) is 24.6 Å². The third kappa shape index (κ3) is 4.60. The molecule has 0 radical (unpaired) electrons. The number of hydrogen-bond donors (Lipinski definition) is 4. The molecule has 1 aromatic heterocycles. The van der Waals surface area contributed by atoms with Crippen LogP contribution in [0, 0.1) is 11.8 Å². The minimum absolute atomic E-state index is 0.0654. The Morgan fingerprint density at radius 2 is 2.00 bits per heavy atom. The second-order valence-electron chi connectivity index (χ2n) is 6.48. The van der Waals surface area contributed by atoms with Gasteiger partial charge in [0.15, 0.2) is 0 Å². The van der Waals surface area contributed by atoms with Crippen molar-refractivity contribution < 1.29 is 23.1 Å². The van der Waals surface area contributed by atoms with Gasteiger partial charge in [0.2, 0.25) is 0 Å². The maximum atomic E-state index is 13.0. The summed E-state index contributed by atoms with van der Waals surface area (Å²) in [5, 5.41) is 15.8. The van der Waals surface area contributed by atoms with Gasteiger partial charge in [0, 0.05) is 23.7 Å².